The van der Waals surface area contributed by atoms with Gasteiger partial charge in [0.05, 0.1) is 0 Å². The van der Waals surface area contributed by atoms with Crippen LogP contribution in [0.1, 0.15) is 79.7 Å². The quantitative estimate of drug-likeness (QED) is 0.314. The summed E-state index contributed by atoms with van der Waals surface area (Å²) >= 11 is 0. The number of hydrogen-bond acceptors (Lipinski definition) is 5. The van der Waals surface area contributed by atoms with Crippen LogP contribution in [0.4, 0.5) is 4.79 Å². The first-order valence-electron chi connectivity index (χ1n) is 13.2. The van der Waals surface area contributed by atoms with Crippen LogP contribution < -0.4 is 16.0 Å². The summed E-state index contributed by atoms with van der Waals surface area (Å²) in [6, 6.07) is 6.17. The highest BCUT2D eigenvalue weighted by atomic mass is 16.4. The van der Waals surface area contributed by atoms with E-state index in [4.69, 9.17) is 4.42 Å². The minimum absolute atomic E-state index is 0.111. The van der Waals surface area contributed by atoms with Gasteiger partial charge in [-0.3, -0.25) is 4.79 Å². The maximum absolute atomic E-state index is 13.6. The SMILES string of the molecule is Cc1oc([C@@H](Cc2cn(C)c3ccccc23)NC(=O)[C@H](CC(C)C)NC(=O)NC2CCCC2)nc1C(=O)O. The van der Waals surface area contributed by atoms with Crippen molar-refractivity contribution in [2.45, 2.75) is 77.4 Å². The average molecular weight is 524 g/mol. The van der Waals surface area contributed by atoms with Crippen LogP contribution >= 0.6 is 0 Å². The molecular weight excluding hydrogens is 486 g/mol. The van der Waals surface area contributed by atoms with Gasteiger partial charge >= 0.3 is 12.0 Å². The molecule has 1 saturated carbocycles. The molecule has 3 aromatic rings. The molecule has 4 rings (SSSR count). The average Bonchev–Trinajstić information content (AvgIpc) is 3.58. The van der Waals surface area contributed by atoms with E-state index in [1.807, 2.05) is 55.9 Å². The van der Waals surface area contributed by atoms with Gasteiger partial charge in [-0.1, -0.05) is 44.9 Å². The van der Waals surface area contributed by atoms with Crippen LogP contribution in [-0.4, -0.2) is 44.6 Å². The minimum atomic E-state index is -1.20. The Morgan fingerprint density at radius 2 is 1.87 bits per heavy atom. The summed E-state index contributed by atoms with van der Waals surface area (Å²) in [4.78, 5) is 42.1. The molecule has 2 aromatic heterocycles. The van der Waals surface area contributed by atoms with Crippen molar-refractivity contribution in [3.05, 3.63) is 53.4 Å². The highest BCUT2D eigenvalue weighted by molar-refractivity contribution is 5.88. The van der Waals surface area contributed by atoms with Crippen molar-refractivity contribution in [3.8, 4) is 0 Å². The predicted molar refractivity (Wildman–Crippen MR) is 143 cm³/mol. The number of aryl methyl sites for hydroxylation is 2. The first-order valence-corrected chi connectivity index (χ1v) is 13.2. The van der Waals surface area contributed by atoms with E-state index in [9.17, 15) is 19.5 Å². The normalized spacial score (nSPS) is 15.5. The Morgan fingerprint density at radius 3 is 2.53 bits per heavy atom. The van der Waals surface area contributed by atoms with E-state index in [1.54, 1.807) is 0 Å². The Morgan fingerprint density at radius 1 is 1.16 bits per heavy atom. The van der Waals surface area contributed by atoms with Crippen molar-refractivity contribution in [2.75, 3.05) is 0 Å². The summed E-state index contributed by atoms with van der Waals surface area (Å²) in [5, 5.41) is 19.4. The topological polar surface area (TPSA) is 138 Å². The van der Waals surface area contributed by atoms with Gasteiger partial charge in [0.25, 0.3) is 0 Å². The largest absolute Gasteiger partial charge is 0.476 e. The maximum atomic E-state index is 13.6. The number of aromatic nitrogens is 2. The molecule has 0 saturated heterocycles. The number of carbonyl (C=O) groups is 3. The van der Waals surface area contributed by atoms with E-state index in [0.717, 1.165) is 42.1 Å². The van der Waals surface area contributed by atoms with E-state index >= 15 is 0 Å². The number of carboxylic acids is 1. The number of para-hydroxylation sites is 1. The zero-order valence-corrected chi connectivity index (χ0v) is 22.4. The van der Waals surface area contributed by atoms with Crippen LogP contribution in [-0.2, 0) is 18.3 Å². The highest BCUT2D eigenvalue weighted by Gasteiger charge is 2.30. The second-order valence-corrected chi connectivity index (χ2v) is 10.6. The van der Waals surface area contributed by atoms with Crippen LogP contribution in [0.3, 0.4) is 0 Å². The van der Waals surface area contributed by atoms with Gasteiger partial charge in [-0.15, -0.1) is 0 Å². The van der Waals surface area contributed by atoms with Gasteiger partial charge < -0.3 is 30.0 Å². The van der Waals surface area contributed by atoms with Crippen molar-refractivity contribution in [1.29, 1.82) is 0 Å². The first kappa shape index (κ1) is 27.2. The summed E-state index contributed by atoms with van der Waals surface area (Å²) in [7, 11) is 1.95. The number of urea groups is 1. The molecule has 1 aromatic carbocycles. The molecule has 1 aliphatic rings. The molecule has 0 radical (unpaired) electrons. The van der Waals surface area contributed by atoms with Crippen molar-refractivity contribution < 1.29 is 23.9 Å². The molecule has 0 aliphatic heterocycles. The van der Waals surface area contributed by atoms with Crippen LogP contribution in [0.2, 0.25) is 0 Å². The van der Waals surface area contributed by atoms with E-state index in [0.29, 0.717) is 12.8 Å². The smallest absolute Gasteiger partial charge is 0.358 e. The number of aromatic carboxylic acids is 1. The molecule has 0 spiro atoms. The van der Waals surface area contributed by atoms with Gasteiger partial charge in [0.1, 0.15) is 17.8 Å². The van der Waals surface area contributed by atoms with Crippen LogP contribution in [0.15, 0.2) is 34.9 Å². The van der Waals surface area contributed by atoms with Crippen LogP contribution in [0.5, 0.6) is 0 Å². The summed E-state index contributed by atoms with van der Waals surface area (Å²) in [5.41, 5.74) is 1.80. The number of nitrogens with one attached hydrogen (secondary N) is 3. The number of nitrogens with zero attached hydrogens (tertiary/aromatic N) is 2. The van der Waals surface area contributed by atoms with Gasteiger partial charge in [-0.25, -0.2) is 14.6 Å². The third-order valence-electron chi connectivity index (χ3n) is 7.05. The standard InChI is InChI=1S/C28H37N5O5/c1-16(2)13-21(31-28(37)29-19-9-5-6-10-19)25(34)30-22(26-32-24(27(35)36)17(3)38-26)14-18-15-33(4)23-12-8-7-11-20(18)23/h7-8,11-12,15-16,19,21-22H,5-6,9-10,13-14H2,1-4H3,(H,30,34)(H,35,36)(H2,29,31,37)/t21-,22+/m0/s1. The molecule has 10 heteroatoms. The Kier molecular flexibility index (Phi) is 8.38. The molecule has 1 aliphatic carbocycles. The number of carboxylic acid groups (broad SMARTS) is 1. The number of hydrogen-bond donors (Lipinski definition) is 4. The molecular formula is C28H37N5O5. The number of fused-ring (bicyclic) bond motifs is 1. The number of benzene rings is 1. The number of amides is 3. The highest BCUT2D eigenvalue weighted by Crippen LogP contribution is 2.27. The minimum Gasteiger partial charge on any atom is -0.476 e. The van der Waals surface area contributed by atoms with Gasteiger partial charge in [0.2, 0.25) is 11.8 Å². The monoisotopic (exact) mass is 523 g/mol. The van der Waals surface area contributed by atoms with E-state index in [2.05, 4.69) is 20.9 Å². The van der Waals surface area contributed by atoms with E-state index < -0.39 is 18.1 Å². The van der Waals surface area contributed by atoms with Crippen molar-refractivity contribution in [3.63, 3.8) is 0 Å². The lowest BCUT2D eigenvalue weighted by Gasteiger charge is -2.24. The molecule has 4 N–H and O–H groups in total. The predicted octanol–water partition coefficient (Wildman–Crippen LogP) is 4.23. The van der Waals surface area contributed by atoms with Gasteiger partial charge in [-0.05, 0) is 43.7 Å². The number of carbonyl (C=O) groups excluding carboxylic acids is 2. The fraction of sp³-hybridized carbons (Fsp3) is 0.500. The van der Waals surface area contributed by atoms with Crippen molar-refractivity contribution in [2.24, 2.45) is 13.0 Å². The molecule has 3 amide bonds. The molecule has 1 fully saturated rings. The first-order chi connectivity index (χ1) is 18.1. The Bertz CT molecular complexity index is 1300. The Labute approximate surface area is 222 Å². The van der Waals surface area contributed by atoms with Gasteiger partial charge in [0, 0.05) is 36.6 Å². The fourth-order valence-corrected chi connectivity index (χ4v) is 5.20. The molecule has 10 nitrogen and oxygen atoms in total. The second-order valence-electron chi connectivity index (χ2n) is 10.6. The lowest BCUT2D eigenvalue weighted by molar-refractivity contribution is -0.124. The van der Waals surface area contributed by atoms with Gasteiger partial charge in [0.15, 0.2) is 5.69 Å². The molecule has 38 heavy (non-hydrogen) atoms. The molecule has 0 unspecified atom stereocenters. The Balaban J connectivity index is 1.60. The molecule has 2 heterocycles. The van der Waals surface area contributed by atoms with E-state index in [-0.39, 0.29) is 41.2 Å². The van der Waals surface area contributed by atoms with Gasteiger partial charge in [-0.2, -0.15) is 0 Å². The summed E-state index contributed by atoms with van der Waals surface area (Å²) in [6.07, 6.45) is 6.81. The number of oxazole rings is 1. The summed E-state index contributed by atoms with van der Waals surface area (Å²) in [5.74, 6) is -1.15. The lowest BCUT2D eigenvalue weighted by atomic mass is 10.0. The van der Waals surface area contributed by atoms with Crippen LogP contribution in [0, 0.1) is 12.8 Å². The van der Waals surface area contributed by atoms with Crippen LogP contribution in [0.25, 0.3) is 10.9 Å². The maximum Gasteiger partial charge on any atom is 0.358 e. The zero-order chi connectivity index (χ0) is 27.4. The summed E-state index contributed by atoms with van der Waals surface area (Å²) < 4.78 is 7.75. The van der Waals surface area contributed by atoms with Crippen molar-refractivity contribution >= 4 is 28.8 Å². The molecule has 204 valence electrons. The number of rotatable bonds is 10. The molecule has 2 atom stereocenters. The third kappa shape index (κ3) is 6.35. The fourth-order valence-electron chi connectivity index (χ4n) is 5.20. The Hall–Kier alpha value is -3.82. The van der Waals surface area contributed by atoms with E-state index in [1.165, 1.54) is 6.92 Å². The van der Waals surface area contributed by atoms with Crippen molar-refractivity contribution in [1.82, 2.24) is 25.5 Å². The lowest BCUT2D eigenvalue weighted by Crippen LogP contribution is -2.52. The second kappa shape index (κ2) is 11.7. The third-order valence-corrected chi connectivity index (χ3v) is 7.05. The molecule has 0 bridgehead atoms. The summed E-state index contributed by atoms with van der Waals surface area (Å²) in [6.45, 7) is 5.51. The zero-order valence-electron chi connectivity index (χ0n) is 22.4.